The Balaban J connectivity index is 1.45. The second-order valence-electron chi connectivity index (χ2n) is 5.69. The molecule has 22 heavy (non-hydrogen) atoms. The maximum absolute atomic E-state index is 12.2. The summed E-state index contributed by atoms with van der Waals surface area (Å²) < 4.78 is 5.59. The Labute approximate surface area is 130 Å². The lowest BCUT2D eigenvalue weighted by molar-refractivity contribution is -0.130. The fraction of sp³-hybridized carbons (Fsp3) is 0.412. The van der Waals surface area contributed by atoms with Crippen LogP contribution in [0.5, 0.6) is 5.75 Å². The quantitative estimate of drug-likeness (QED) is 0.923. The van der Waals surface area contributed by atoms with E-state index < -0.39 is 0 Å². The van der Waals surface area contributed by atoms with Gasteiger partial charge in [0.05, 0.1) is 13.0 Å². The number of carbonyl (C=O) groups excluding carboxylic acids is 1. The van der Waals surface area contributed by atoms with Crippen LogP contribution in [0.4, 0.5) is 0 Å². The zero-order valence-corrected chi connectivity index (χ0v) is 12.8. The van der Waals surface area contributed by atoms with Gasteiger partial charge in [0.15, 0.2) is 0 Å². The van der Waals surface area contributed by atoms with Crippen LogP contribution < -0.4 is 4.74 Å². The van der Waals surface area contributed by atoms with Gasteiger partial charge in [-0.05, 0) is 25.5 Å². The minimum Gasteiger partial charge on any atom is -0.493 e. The summed E-state index contributed by atoms with van der Waals surface area (Å²) in [5.74, 6) is 2.28. The topological polar surface area (TPSA) is 58.2 Å². The Morgan fingerprint density at radius 3 is 2.95 bits per heavy atom. The molecule has 5 nitrogen and oxygen atoms in total. The van der Waals surface area contributed by atoms with Crippen molar-refractivity contribution < 1.29 is 9.53 Å². The number of nitrogens with one attached hydrogen (secondary N) is 1. The molecule has 1 amide bonds. The van der Waals surface area contributed by atoms with Gasteiger partial charge in [-0.2, -0.15) is 0 Å². The van der Waals surface area contributed by atoms with E-state index in [-0.39, 0.29) is 5.91 Å². The van der Waals surface area contributed by atoms with E-state index in [4.69, 9.17) is 4.74 Å². The molecule has 1 aromatic carbocycles. The molecule has 0 unspecified atom stereocenters. The minimum atomic E-state index is 0.154. The molecule has 3 rings (SSSR count). The summed E-state index contributed by atoms with van der Waals surface area (Å²) >= 11 is 0. The van der Waals surface area contributed by atoms with Gasteiger partial charge < -0.3 is 14.6 Å². The van der Waals surface area contributed by atoms with Crippen molar-refractivity contribution >= 4 is 5.91 Å². The highest BCUT2D eigenvalue weighted by molar-refractivity contribution is 5.76. The van der Waals surface area contributed by atoms with Crippen LogP contribution in [0.2, 0.25) is 0 Å². The number of aromatic nitrogens is 2. The standard InChI is InChI=1S/C17H21N3O2/c1-13-11-18-17(19-13)14-7-9-20(12-14)16(21)8-10-22-15-5-3-2-4-6-15/h2-6,11,14H,7-10,12H2,1H3,(H,18,19)/t14-/m1/s1. The molecule has 2 heterocycles. The summed E-state index contributed by atoms with van der Waals surface area (Å²) in [6.07, 6.45) is 3.23. The monoisotopic (exact) mass is 299 g/mol. The number of H-pyrrole nitrogens is 1. The number of hydrogen-bond donors (Lipinski definition) is 1. The van der Waals surface area contributed by atoms with Crippen LogP contribution in [0.15, 0.2) is 36.5 Å². The molecule has 116 valence electrons. The second kappa shape index (κ2) is 6.64. The van der Waals surface area contributed by atoms with Crippen LogP contribution >= 0.6 is 0 Å². The highest BCUT2D eigenvalue weighted by atomic mass is 16.5. The van der Waals surface area contributed by atoms with E-state index >= 15 is 0 Å². The molecule has 1 N–H and O–H groups in total. The number of para-hydroxylation sites is 1. The molecular weight excluding hydrogens is 278 g/mol. The SMILES string of the molecule is Cc1cnc([C@@H]2CCN(C(=O)CCOc3ccccc3)C2)[nH]1. The Morgan fingerprint density at radius 1 is 1.41 bits per heavy atom. The lowest BCUT2D eigenvalue weighted by atomic mass is 10.1. The Bertz CT molecular complexity index is 624. The maximum Gasteiger partial charge on any atom is 0.226 e. The van der Waals surface area contributed by atoms with Crippen LogP contribution in [0.1, 0.15) is 30.3 Å². The Kier molecular flexibility index (Phi) is 4.42. The molecule has 1 aliphatic heterocycles. The molecule has 2 aromatic rings. The minimum absolute atomic E-state index is 0.154. The molecule has 0 aliphatic carbocycles. The van der Waals surface area contributed by atoms with Gasteiger partial charge in [-0.15, -0.1) is 0 Å². The van der Waals surface area contributed by atoms with Crippen LogP contribution in [-0.4, -0.2) is 40.5 Å². The molecule has 1 aromatic heterocycles. The fourth-order valence-corrected chi connectivity index (χ4v) is 2.78. The molecule has 0 radical (unpaired) electrons. The lowest BCUT2D eigenvalue weighted by Crippen LogP contribution is -2.29. The van der Waals surface area contributed by atoms with Crippen molar-refractivity contribution in [2.24, 2.45) is 0 Å². The fourth-order valence-electron chi connectivity index (χ4n) is 2.78. The normalized spacial score (nSPS) is 17.7. The van der Waals surface area contributed by atoms with E-state index in [1.807, 2.05) is 48.4 Å². The summed E-state index contributed by atoms with van der Waals surface area (Å²) in [6.45, 7) is 3.96. The lowest BCUT2D eigenvalue weighted by Gasteiger charge is -2.16. The van der Waals surface area contributed by atoms with E-state index in [0.717, 1.165) is 36.8 Å². The van der Waals surface area contributed by atoms with Crippen molar-refractivity contribution in [3.8, 4) is 5.75 Å². The Hall–Kier alpha value is -2.30. The summed E-state index contributed by atoms with van der Waals surface area (Å²) in [5, 5.41) is 0. The van der Waals surface area contributed by atoms with E-state index in [2.05, 4.69) is 9.97 Å². The predicted molar refractivity (Wildman–Crippen MR) is 83.8 cm³/mol. The first-order valence-corrected chi connectivity index (χ1v) is 7.69. The number of aryl methyl sites for hydroxylation is 1. The molecular formula is C17H21N3O2. The molecule has 0 spiro atoms. The number of hydrogen-bond acceptors (Lipinski definition) is 3. The average Bonchev–Trinajstić information content (AvgIpc) is 3.17. The molecule has 5 heteroatoms. The van der Waals surface area contributed by atoms with E-state index in [0.29, 0.717) is 18.9 Å². The summed E-state index contributed by atoms with van der Waals surface area (Å²) in [7, 11) is 0. The molecule has 0 saturated carbocycles. The first kappa shape index (κ1) is 14.6. The third kappa shape index (κ3) is 3.47. The van der Waals surface area contributed by atoms with Crippen molar-refractivity contribution in [3.05, 3.63) is 48.0 Å². The summed E-state index contributed by atoms with van der Waals surface area (Å²) in [6, 6.07) is 9.59. The Morgan fingerprint density at radius 2 is 2.23 bits per heavy atom. The van der Waals surface area contributed by atoms with Gasteiger partial charge in [-0.25, -0.2) is 4.98 Å². The number of nitrogens with zero attached hydrogens (tertiary/aromatic N) is 2. The third-order valence-corrected chi connectivity index (χ3v) is 3.98. The van der Waals surface area contributed by atoms with Crippen LogP contribution in [0.25, 0.3) is 0 Å². The number of amides is 1. The summed E-state index contributed by atoms with van der Waals surface area (Å²) in [5.41, 5.74) is 1.07. The molecule has 0 bridgehead atoms. The van der Waals surface area contributed by atoms with Crippen LogP contribution in [0, 0.1) is 6.92 Å². The van der Waals surface area contributed by atoms with Crippen molar-refractivity contribution in [1.29, 1.82) is 0 Å². The molecule has 1 atom stereocenters. The number of ether oxygens (including phenoxy) is 1. The summed E-state index contributed by atoms with van der Waals surface area (Å²) in [4.78, 5) is 21.8. The van der Waals surface area contributed by atoms with Crippen molar-refractivity contribution in [1.82, 2.24) is 14.9 Å². The smallest absolute Gasteiger partial charge is 0.226 e. The van der Waals surface area contributed by atoms with Gasteiger partial charge in [-0.1, -0.05) is 18.2 Å². The van der Waals surface area contributed by atoms with Gasteiger partial charge in [0.1, 0.15) is 11.6 Å². The molecule has 1 aliphatic rings. The van der Waals surface area contributed by atoms with Gasteiger partial charge in [-0.3, -0.25) is 4.79 Å². The van der Waals surface area contributed by atoms with Crippen molar-refractivity contribution in [2.75, 3.05) is 19.7 Å². The molecule has 1 saturated heterocycles. The molecule has 1 fully saturated rings. The van der Waals surface area contributed by atoms with Crippen LogP contribution in [-0.2, 0) is 4.79 Å². The highest BCUT2D eigenvalue weighted by Crippen LogP contribution is 2.25. The number of carbonyl (C=O) groups is 1. The number of benzene rings is 1. The van der Waals surface area contributed by atoms with E-state index in [1.54, 1.807) is 0 Å². The van der Waals surface area contributed by atoms with Gasteiger partial charge in [0.25, 0.3) is 0 Å². The largest absolute Gasteiger partial charge is 0.493 e. The van der Waals surface area contributed by atoms with E-state index in [9.17, 15) is 4.79 Å². The third-order valence-electron chi connectivity index (χ3n) is 3.98. The second-order valence-corrected chi connectivity index (χ2v) is 5.69. The number of likely N-dealkylation sites (tertiary alicyclic amines) is 1. The number of rotatable bonds is 5. The van der Waals surface area contributed by atoms with Crippen molar-refractivity contribution in [3.63, 3.8) is 0 Å². The predicted octanol–water partition coefficient (Wildman–Crippen LogP) is 2.50. The zero-order chi connectivity index (χ0) is 15.4. The average molecular weight is 299 g/mol. The van der Waals surface area contributed by atoms with Gasteiger partial charge in [0.2, 0.25) is 5.91 Å². The van der Waals surface area contributed by atoms with Gasteiger partial charge in [0, 0.05) is 30.9 Å². The van der Waals surface area contributed by atoms with Crippen molar-refractivity contribution in [2.45, 2.75) is 25.7 Å². The first-order chi connectivity index (χ1) is 10.7. The van der Waals surface area contributed by atoms with Crippen LogP contribution in [0.3, 0.4) is 0 Å². The van der Waals surface area contributed by atoms with E-state index in [1.165, 1.54) is 0 Å². The zero-order valence-electron chi connectivity index (χ0n) is 12.8. The van der Waals surface area contributed by atoms with Gasteiger partial charge >= 0.3 is 0 Å². The first-order valence-electron chi connectivity index (χ1n) is 7.69. The highest BCUT2D eigenvalue weighted by Gasteiger charge is 2.28. The number of imidazole rings is 1. The maximum atomic E-state index is 12.2. The number of aromatic amines is 1.